The van der Waals surface area contributed by atoms with Crippen molar-refractivity contribution in [1.29, 1.82) is 0 Å². The first-order chi connectivity index (χ1) is 28.4. The van der Waals surface area contributed by atoms with Gasteiger partial charge in [0.2, 0.25) is 5.91 Å². The summed E-state index contributed by atoms with van der Waals surface area (Å²) < 4.78 is 11.5. The molecule has 0 radical (unpaired) electrons. The highest BCUT2D eigenvalue weighted by Gasteiger charge is 2.41. The summed E-state index contributed by atoms with van der Waals surface area (Å²) in [4.78, 5) is 78.6. The lowest BCUT2D eigenvalue weighted by molar-refractivity contribution is -0.150. The van der Waals surface area contributed by atoms with E-state index in [1.54, 1.807) is 27.0 Å². The molecule has 15 nitrogen and oxygen atoms in total. The summed E-state index contributed by atoms with van der Waals surface area (Å²) in [5, 5.41) is 19.8. The van der Waals surface area contributed by atoms with E-state index >= 15 is 0 Å². The number of amides is 5. The molecule has 0 unspecified atom stereocenters. The minimum absolute atomic E-state index is 0.00430. The summed E-state index contributed by atoms with van der Waals surface area (Å²) in [6.07, 6.45) is 7.68. The largest absolute Gasteiger partial charge is 0.444 e. The number of ether oxygens (including phenoxy) is 2. The fourth-order valence-corrected chi connectivity index (χ4v) is 8.01. The molecule has 2 aliphatic rings. The van der Waals surface area contributed by atoms with Gasteiger partial charge in [-0.25, -0.2) is 24.6 Å². The number of likely N-dealkylation sites (N-methyl/N-ethyl adjacent to an activating group) is 1. The zero-order valence-corrected chi connectivity index (χ0v) is 37.2. The number of rotatable bonds is 19. The number of aromatic nitrogens is 2. The molecule has 5 amide bonds. The molecule has 1 aromatic carbocycles. The van der Waals surface area contributed by atoms with Gasteiger partial charge in [0.05, 0.1) is 18.5 Å². The number of carbonyl (C=O) groups is 5. The predicted molar refractivity (Wildman–Crippen MR) is 228 cm³/mol. The van der Waals surface area contributed by atoms with E-state index in [2.05, 4.69) is 34.4 Å². The standard InChI is InChI=1S/C45H71N7O8/c1-30(2)20-21-38(53)35(25-32-16-11-9-12-17-32)48-40(54)37(27-34-28-46-29-47-34)50(8)42(56)39(26-33-18-13-10-14-19-33)59-44(58)52-23-15-22-51(52)41(55)36(24-31(3)4)49-43(57)60-45(5,6)7/h10,13-14,18-19,28-32,35-39,53H,9,11-12,15-17,20-27H2,1-8H3,(H,46,47)(H,48,54)(H,49,57)/t35-,36-,37-,38-,39-/m0/s1. The minimum Gasteiger partial charge on any atom is -0.444 e. The maximum Gasteiger partial charge on any atom is 0.429 e. The van der Waals surface area contributed by atoms with Crippen molar-refractivity contribution < 1.29 is 38.6 Å². The molecule has 2 fully saturated rings. The first-order valence-corrected chi connectivity index (χ1v) is 22.0. The number of hydrazine groups is 1. The molecular formula is C45H71N7O8. The Hall–Kier alpha value is -4.66. The summed E-state index contributed by atoms with van der Waals surface area (Å²) in [7, 11) is 1.52. The van der Waals surface area contributed by atoms with Crippen LogP contribution in [0.25, 0.3) is 0 Å². The van der Waals surface area contributed by atoms with Gasteiger partial charge in [-0.05, 0) is 76.2 Å². The van der Waals surface area contributed by atoms with Crippen LogP contribution in [-0.4, -0.2) is 116 Å². The molecule has 1 aromatic heterocycles. The number of hydrogen-bond donors (Lipinski definition) is 4. The molecule has 60 heavy (non-hydrogen) atoms. The third-order valence-corrected chi connectivity index (χ3v) is 11.2. The number of imidazole rings is 1. The van der Waals surface area contributed by atoms with Crippen molar-refractivity contribution in [2.75, 3.05) is 20.1 Å². The van der Waals surface area contributed by atoms with Gasteiger partial charge in [0, 0.05) is 44.9 Å². The summed E-state index contributed by atoms with van der Waals surface area (Å²) in [6.45, 7) is 13.6. The van der Waals surface area contributed by atoms with E-state index < -0.39 is 65.8 Å². The van der Waals surface area contributed by atoms with Crippen molar-refractivity contribution in [2.45, 2.75) is 161 Å². The highest BCUT2D eigenvalue weighted by Crippen LogP contribution is 2.29. The number of nitrogens with one attached hydrogen (secondary N) is 3. The maximum absolute atomic E-state index is 14.7. The van der Waals surface area contributed by atoms with Gasteiger partial charge in [0.15, 0.2) is 6.10 Å². The van der Waals surface area contributed by atoms with Crippen molar-refractivity contribution in [1.82, 2.24) is 35.5 Å². The molecular weight excluding hydrogens is 767 g/mol. The van der Waals surface area contributed by atoms with E-state index in [-0.39, 0.29) is 31.8 Å². The van der Waals surface area contributed by atoms with Gasteiger partial charge in [-0.3, -0.25) is 14.4 Å². The third kappa shape index (κ3) is 15.1. The van der Waals surface area contributed by atoms with Crippen LogP contribution in [0, 0.1) is 17.8 Å². The van der Waals surface area contributed by atoms with Crippen LogP contribution in [0.3, 0.4) is 0 Å². The van der Waals surface area contributed by atoms with E-state index in [0.717, 1.165) is 37.7 Å². The average molecular weight is 838 g/mol. The normalized spacial score (nSPS) is 17.4. The van der Waals surface area contributed by atoms with Crippen LogP contribution < -0.4 is 10.6 Å². The van der Waals surface area contributed by atoms with Gasteiger partial charge >= 0.3 is 12.2 Å². The van der Waals surface area contributed by atoms with Gasteiger partial charge in [0.25, 0.3) is 11.8 Å². The molecule has 4 rings (SSSR count). The van der Waals surface area contributed by atoms with Crippen LogP contribution in [0.5, 0.6) is 0 Å². The lowest BCUT2D eigenvalue weighted by Gasteiger charge is -2.35. The van der Waals surface area contributed by atoms with Crippen LogP contribution >= 0.6 is 0 Å². The fourth-order valence-electron chi connectivity index (χ4n) is 8.01. The van der Waals surface area contributed by atoms with Crippen LogP contribution in [0.1, 0.15) is 124 Å². The third-order valence-electron chi connectivity index (χ3n) is 11.2. The molecule has 0 bridgehead atoms. The number of carbonyl (C=O) groups excluding carboxylic acids is 5. The number of alkyl carbamates (subject to hydrolysis) is 1. The van der Waals surface area contributed by atoms with Gasteiger partial charge in [0.1, 0.15) is 17.7 Å². The average Bonchev–Trinajstić information content (AvgIpc) is 3.90. The molecule has 1 aliphatic heterocycles. The zero-order chi connectivity index (χ0) is 44.0. The van der Waals surface area contributed by atoms with Crippen LogP contribution in [0.15, 0.2) is 42.9 Å². The number of aliphatic hydroxyl groups is 1. The predicted octanol–water partition coefficient (Wildman–Crippen LogP) is 6.17. The van der Waals surface area contributed by atoms with E-state index in [4.69, 9.17) is 9.47 Å². The Bertz CT molecular complexity index is 1660. The monoisotopic (exact) mass is 838 g/mol. The second kappa shape index (κ2) is 22.8. The van der Waals surface area contributed by atoms with Crippen molar-refractivity contribution in [3.05, 3.63) is 54.1 Å². The molecule has 1 saturated heterocycles. The van der Waals surface area contributed by atoms with Crippen molar-refractivity contribution >= 4 is 29.9 Å². The number of aliphatic hydroxyl groups excluding tert-OH is 1. The smallest absolute Gasteiger partial charge is 0.429 e. The Labute approximate surface area is 356 Å². The molecule has 2 aromatic rings. The van der Waals surface area contributed by atoms with E-state index in [1.165, 1.54) is 34.7 Å². The second-order valence-corrected chi connectivity index (χ2v) is 18.5. The van der Waals surface area contributed by atoms with E-state index in [0.29, 0.717) is 43.2 Å². The number of nitrogens with zero attached hydrogens (tertiary/aromatic N) is 4. The van der Waals surface area contributed by atoms with Gasteiger partial charge < -0.3 is 35.1 Å². The Kier molecular flexibility index (Phi) is 18.2. The topological polar surface area (TPSA) is 186 Å². The SMILES string of the molecule is CC(C)CC[C@H](O)[C@H](CC1CCCCC1)NC(=O)[C@H](Cc1cnc[nH]1)N(C)C(=O)[C@H](Cc1ccccc1)OC(=O)N1CCCN1C(=O)[C@H](CC(C)C)NC(=O)OC(C)(C)C. The minimum atomic E-state index is -1.37. The molecule has 5 atom stereocenters. The van der Waals surface area contributed by atoms with Gasteiger partial charge in [-0.2, -0.15) is 0 Å². The number of H-pyrrole nitrogens is 1. The van der Waals surface area contributed by atoms with E-state index in [1.807, 2.05) is 44.2 Å². The molecule has 2 heterocycles. The zero-order valence-electron chi connectivity index (χ0n) is 37.2. The molecule has 15 heteroatoms. The Morgan fingerprint density at radius 1 is 0.917 bits per heavy atom. The summed E-state index contributed by atoms with van der Waals surface area (Å²) in [6, 6.07) is 6.59. The summed E-state index contributed by atoms with van der Waals surface area (Å²) >= 11 is 0. The first-order valence-electron chi connectivity index (χ1n) is 22.0. The Morgan fingerprint density at radius 3 is 2.22 bits per heavy atom. The van der Waals surface area contributed by atoms with E-state index in [9.17, 15) is 29.1 Å². The van der Waals surface area contributed by atoms with Gasteiger partial charge in [-0.1, -0.05) is 90.1 Å². The van der Waals surface area contributed by atoms with Crippen LogP contribution in [0.4, 0.5) is 9.59 Å². The number of hydrogen-bond acceptors (Lipinski definition) is 9. The van der Waals surface area contributed by atoms with Crippen LogP contribution in [-0.2, 0) is 36.7 Å². The quantitative estimate of drug-likeness (QED) is 0.128. The molecule has 4 N–H and O–H groups in total. The molecule has 1 saturated carbocycles. The van der Waals surface area contributed by atoms with Crippen molar-refractivity contribution in [3.63, 3.8) is 0 Å². The van der Waals surface area contributed by atoms with Crippen molar-refractivity contribution in [3.8, 4) is 0 Å². The lowest BCUT2D eigenvalue weighted by atomic mass is 9.83. The lowest BCUT2D eigenvalue weighted by Crippen LogP contribution is -2.57. The first kappa shape index (κ1) is 48.0. The number of benzene rings is 1. The highest BCUT2D eigenvalue weighted by molar-refractivity contribution is 5.91. The Balaban J connectivity index is 1.59. The highest BCUT2D eigenvalue weighted by atomic mass is 16.6. The molecule has 334 valence electrons. The second-order valence-electron chi connectivity index (χ2n) is 18.5. The molecule has 0 spiro atoms. The summed E-state index contributed by atoms with van der Waals surface area (Å²) in [5.41, 5.74) is 0.564. The fraction of sp³-hybridized carbons (Fsp3) is 0.689. The van der Waals surface area contributed by atoms with Gasteiger partial charge in [-0.15, -0.1) is 0 Å². The summed E-state index contributed by atoms with van der Waals surface area (Å²) in [5.74, 6) is -0.756. The molecule has 1 aliphatic carbocycles. The van der Waals surface area contributed by atoms with Crippen LogP contribution in [0.2, 0.25) is 0 Å². The Morgan fingerprint density at radius 2 is 1.60 bits per heavy atom. The maximum atomic E-state index is 14.7. The van der Waals surface area contributed by atoms with Crippen molar-refractivity contribution in [2.24, 2.45) is 17.8 Å². The number of aromatic amines is 1.